The maximum atomic E-state index is 12.3. The van der Waals surface area contributed by atoms with Gasteiger partial charge in [-0.15, -0.1) is 0 Å². The highest BCUT2D eigenvalue weighted by Gasteiger charge is 2.42. The Balaban J connectivity index is 1.96. The lowest BCUT2D eigenvalue weighted by Crippen LogP contribution is -2.50. The topological polar surface area (TPSA) is 75.4 Å². The molecule has 1 atom stereocenters. The number of aromatic nitrogens is 2. The highest BCUT2D eigenvalue weighted by molar-refractivity contribution is 5.79. The largest absolute Gasteiger partial charge is 0.481 e. The summed E-state index contributed by atoms with van der Waals surface area (Å²) in [4.78, 5) is 29.6. The Bertz CT molecular complexity index is 482. The van der Waals surface area contributed by atoms with E-state index < -0.39 is 11.4 Å². The third kappa shape index (κ3) is 3.62. The summed E-state index contributed by atoms with van der Waals surface area (Å²) in [6, 6.07) is 0. The predicted octanol–water partition coefficient (Wildman–Crippen LogP) is 1.77. The van der Waals surface area contributed by atoms with Crippen LogP contribution in [0.5, 0.6) is 0 Å². The molecule has 1 unspecified atom stereocenters. The maximum absolute atomic E-state index is 12.3. The Labute approximate surface area is 124 Å². The molecule has 2 rings (SSSR count). The van der Waals surface area contributed by atoms with Gasteiger partial charge in [0.25, 0.3) is 0 Å². The zero-order valence-corrected chi connectivity index (χ0v) is 12.5. The number of imidazole rings is 1. The highest BCUT2D eigenvalue weighted by atomic mass is 16.4. The van der Waals surface area contributed by atoms with Crippen molar-refractivity contribution in [3.8, 4) is 0 Å². The van der Waals surface area contributed by atoms with Crippen molar-refractivity contribution in [2.24, 2.45) is 5.41 Å². The summed E-state index contributed by atoms with van der Waals surface area (Å²) >= 11 is 0. The van der Waals surface area contributed by atoms with Crippen LogP contribution in [-0.4, -0.2) is 44.5 Å². The third-order valence-corrected chi connectivity index (χ3v) is 4.25. The van der Waals surface area contributed by atoms with Gasteiger partial charge < -0.3 is 14.6 Å². The van der Waals surface area contributed by atoms with E-state index in [1.165, 1.54) is 0 Å². The number of carbonyl (C=O) groups excluding carboxylic acids is 1. The van der Waals surface area contributed by atoms with Crippen LogP contribution in [0.15, 0.2) is 18.7 Å². The monoisotopic (exact) mass is 293 g/mol. The molecule has 116 valence electrons. The predicted molar refractivity (Wildman–Crippen MR) is 77.6 cm³/mol. The first kappa shape index (κ1) is 15.5. The van der Waals surface area contributed by atoms with Gasteiger partial charge in [-0.25, -0.2) is 4.98 Å². The van der Waals surface area contributed by atoms with E-state index in [9.17, 15) is 14.7 Å². The molecule has 0 spiro atoms. The van der Waals surface area contributed by atoms with E-state index in [0.717, 1.165) is 12.8 Å². The number of carboxylic acid groups (broad SMARTS) is 1. The van der Waals surface area contributed by atoms with Gasteiger partial charge in [-0.1, -0.05) is 13.3 Å². The molecule has 1 aromatic rings. The summed E-state index contributed by atoms with van der Waals surface area (Å²) < 4.78 is 1.86. The smallest absolute Gasteiger partial charge is 0.311 e. The van der Waals surface area contributed by atoms with Gasteiger partial charge in [0.05, 0.1) is 11.7 Å². The molecule has 6 nitrogen and oxygen atoms in total. The fourth-order valence-corrected chi connectivity index (χ4v) is 3.11. The number of likely N-dealkylation sites (tertiary alicyclic amines) is 1. The number of carbonyl (C=O) groups is 2. The molecule has 1 aromatic heterocycles. The number of carboxylic acids is 1. The number of aryl methyl sites for hydroxylation is 1. The van der Waals surface area contributed by atoms with Crippen LogP contribution in [0.2, 0.25) is 0 Å². The SMILES string of the molecule is CCCC1(C(=O)O)CCCN(C(=O)CCn2ccnc2)C1. The van der Waals surface area contributed by atoms with Gasteiger partial charge in [-0.05, 0) is 19.3 Å². The minimum Gasteiger partial charge on any atom is -0.481 e. The van der Waals surface area contributed by atoms with Crippen LogP contribution >= 0.6 is 0 Å². The average molecular weight is 293 g/mol. The Kier molecular flexibility index (Phi) is 4.98. The first-order valence-electron chi connectivity index (χ1n) is 7.54. The van der Waals surface area contributed by atoms with Crippen LogP contribution < -0.4 is 0 Å². The molecule has 1 N–H and O–H groups in total. The van der Waals surface area contributed by atoms with Gasteiger partial charge in [0, 0.05) is 38.4 Å². The molecule has 1 aliphatic rings. The highest BCUT2D eigenvalue weighted by Crippen LogP contribution is 2.35. The van der Waals surface area contributed by atoms with Crippen molar-refractivity contribution in [3.63, 3.8) is 0 Å². The second-order valence-corrected chi connectivity index (χ2v) is 5.80. The zero-order chi connectivity index (χ0) is 15.3. The fourth-order valence-electron chi connectivity index (χ4n) is 3.11. The van der Waals surface area contributed by atoms with E-state index in [0.29, 0.717) is 38.9 Å². The molecule has 0 aliphatic carbocycles. The summed E-state index contributed by atoms with van der Waals surface area (Å²) in [7, 11) is 0. The first-order valence-corrected chi connectivity index (χ1v) is 7.54. The van der Waals surface area contributed by atoms with Crippen LogP contribution in [0, 0.1) is 5.41 Å². The molecule has 0 bridgehead atoms. The number of nitrogens with zero attached hydrogens (tertiary/aromatic N) is 3. The number of amides is 1. The van der Waals surface area contributed by atoms with Crippen LogP contribution in [0.3, 0.4) is 0 Å². The quantitative estimate of drug-likeness (QED) is 0.867. The fraction of sp³-hybridized carbons (Fsp3) is 0.667. The lowest BCUT2D eigenvalue weighted by molar-refractivity contribution is -0.155. The lowest BCUT2D eigenvalue weighted by Gasteiger charge is -2.40. The van der Waals surface area contributed by atoms with E-state index in [4.69, 9.17) is 0 Å². The molecule has 0 radical (unpaired) electrons. The normalized spacial score (nSPS) is 22.2. The number of piperidine rings is 1. The van der Waals surface area contributed by atoms with Crippen molar-refractivity contribution < 1.29 is 14.7 Å². The average Bonchev–Trinajstić information content (AvgIpc) is 2.98. The molecule has 1 amide bonds. The van der Waals surface area contributed by atoms with Crippen molar-refractivity contribution in [1.82, 2.24) is 14.5 Å². The molecular formula is C15H23N3O3. The van der Waals surface area contributed by atoms with Gasteiger partial charge >= 0.3 is 5.97 Å². The van der Waals surface area contributed by atoms with Gasteiger partial charge in [0.1, 0.15) is 0 Å². The number of hydrogen-bond acceptors (Lipinski definition) is 3. The summed E-state index contributed by atoms with van der Waals surface area (Å²) in [5.74, 6) is -0.735. The minimum absolute atomic E-state index is 0.0325. The summed E-state index contributed by atoms with van der Waals surface area (Å²) in [5.41, 5.74) is -0.752. The summed E-state index contributed by atoms with van der Waals surface area (Å²) in [5, 5.41) is 9.55. The number of rotatable bonds is 6. The Morgan fingerprint density at radius 1 is 1.43 bits per heavy atom. The van der Waals surface area contributed by atoms with Crippen molar-refractivity contribution >= 4 is 11.9 Å². The molecule has 1 aliphatic heterocycles. The van der Waals surface area contributed by atoms with E-state index in [1.54, 1.807) is 17.4 Å². The van der Waals surface area contributed by atoms with Gasteiger partial charge in [0.15, 0.2) is 0 Å². The van der Waals surface area contributed by atoms with Crippen LogP contribution in [0.4, 0.5) is 0 Å². The number of hydrogen-bond donors (Lipinski definition) is 1. The van der Waals surface area contributed by atoms with Gasteiger partial charge in [0.2, 0.25) is 5.91 Å². The third-order valence-electron chi connectivity index (χ3n) is 4.25. The van der Waals surface area contributed by atoms with Crippen LogP contribution in [-0.2, 0) is 16.1 Å². The molecule has 21 heavy (non-hydrogen) atoms. The van der Waals surface area contributed by atoms with Crippen LogP contribution in [0.1, 0.15) is 39.0 Å². The second kappa shape index (κ2) is 6.74. The molecule has 1 saturated heterocycles. The standard InChI is InChI=1S/C15H23N3O3/c1-2-5-15(14(20)21)6-3-8-18(11-15)13(19)4-9-17-10-7-16-12-17/h7,10,12H,2-6,8-9,11H2,1H3,(H,20,21). The summed E-state index contributed by atoms with van der Waals surface area (Å²) in [6.45, 7) is 3.59. The molecule has 0 aromatic carbocycles. The number of aliphatic carboxylic acids is 1. The Hall–Kier alpha value is -1.85. The van der Waals surface area contributed by atoms with Crippen molar-refractivity contribution in [2.45, 2.75) is 45.6 Å². The van der Waals surface area contributed by atoms with E-state index in [1.807, 2.05) is 17.7 Å². The van der Waals surface area contributed by atoms with Gasteiger partial charge in [-0.2, -0.15) is 0 Å². The molecule has 0 saturated carbocycles. The molecular weight excluding hydrogens is 270 g/mol. The van der Waals surface area contributed by atoms with Crippen molar-refractivity contribution in [3.05, 3.63) is 18.7 Å². The summed E-state index contributed by atoms with van der Waals surface area (Å²) in [6.07, 6.45) is 8.46. The molecule has 2 heterocycles. The van der Waals surface area contributed by atoms with E-state index in [2.05, 4.69) is 4.98 Å². The Morgan fingerprint density at radius 3 is 2.86 bits per heavy atom. The maximum Gasteiger partial charge on any atom is 0.311 e. The lowest BCUT2D eigenvalue weighted by atomic mass is 9.76. The molecule has 1 fully saturated rings. The molecule has 6 heteroatoms. The van der Waals surface area contributed by atoms with E-state index in [-0.39, 0.29) is 5.91 Å². The van der Waals surface area contributed by atoms with Gasteiger partial charge in [-0.3, -0.25) is 9.59 Å². The Morgan fingerprint density at radius 2 is 2.24 bits per heavy atom. The van der Waals surface area contributed by atoms with Crippen molar-refractivity contribution in [2.75, 3.05) is 13.1 Å². The zero-order valence-electron chi connectivity index (χ0n) is 12.5. The van der Waals surface area contributed by atoms with Crippen molar-refractivity contribution in [1.29, 1.82) is 0 Å². The minimum atomic E-state index is -0.767. The van der Waals surface area contributed by atoms with Crippen LogP contribution in [0.25, 0.3) is 0 Å². The second-order valence-electron chi connectivity index (χ2n) is 5.80. The van der Waals surface area contributed by atoms with E-state index >= 15 is 0 Å². The first-order chi connectivity index (χ1) is 10.1.